The number of carbonyl (C=O) groups excluding carboxylic acids is 1. The molecule has 0 amide bonds. The Kier molecular flexibility index (Phi) is 4.83. The van der Waals surface area contributed by atoms with Gasteiger partial charge >= 0.3 is 5.97 Å². The van der Waals surface area contributed by atoms with E-state index in [1.165, 1.54) is 0 Å². The van der Waals surface area contributed by atoms with Crippen molar-refractivity contribution in [2.75, 3.05) is 6.61 Å². The van der Waals surface area contributed by atoms with Gasteiger partial charge in [0, 0.05) is 34.8 Å². The topological polar surface area (TPSA) is 48.3 Å². The average Bonchev–Trinajstić information content (AvgIpc) is 2.79. The Balaban J connectivity index is 2.52. The van der Waals surface area contributed by atoms with E-state index in [2.05, 4.69) is 22.5 Å². The molecule has 0 bridgehead atoms. The predicted octanol–water partition coefficient (Wildman–Crippen LogP) is 3.08. The van der Waals surface area contributed by atoms with Crippen molar-refractivity contribution in [3.63, 3.8) is 0 Å². The van der Waals surface area contributed by atoms with Crippen LogP contribution in [0.5, 0.6) is 0 Å². The molecule has 1 aromatic rings. The molecule has 0 unspecified atom stereocenters. The van der Waals surface area contributed by atoms with Crippen LogP contribution in [0.2, 0.25) is 0 Å². The Morgan fingerprint density at radius 2 is 2.29 bits per heavy atom. The van der Waals surface area contributed by atoms with E-state index in [1.54, 1.807) is 23.8 Å². The highest BCUT2D eigenvalue weighted by Crippen LogP contribution is 2.36. The number of pyridine rings is 1. The summed E-state index contributed by atoms with van der Waals surface area (Å²) in [6.45, 7) is 8.21. The molecule has 5 heteroatoms. The minimum Gasteiger partial charge on any atom is -0.462 e. The molecule has 1 aliphatic carbocycles. The van der Waals surface area contributed by atoms with Gasteiger partial charge in [0.2, 0.25) is 0 Å². The summed E-state index contributed by atoms with van der Waals surface area (Å²) in [7, 11) is 0. The van der Waals surface area contributed by atoms with Crippen LogP contribution >= 0.6 is 15.9 Å². The van der Waals surface area contributed by atoms with Gasteiger partial charge in [0.25, 0.3) is 5.56 Å². The molecule has 4 nitrogen and oxygen atoms in total. The predicted molar refractivity (Wildman–Crippen MR) is 86.1 cm³/mol. The minimum absolute atomic E-state index is 0.0475. The molecule has 112 valence electrons. The molecule has 0 saturated heterocycles. The molecule has 0 fully saturated rings. The third-order valence-corrected chi connectivity index (χ3v) is 4.10. The molecule has 0 spiro atoms. The Morgan fingerprint density at radius 1 is 1.57 bits per heavy atom. The molecule has 0 aliphatic heterocycles. The van der Waals surface area contributed by atoms with Crippen molar-refractivity contribution in [1.82, 2.24) is 4.57 Å². The lowest BCUT2D eigenvalue weighted by molar-refractivity contribution is -0.136. The summed E-state index contributed by atoms with van der Waals surface area (Å²) in [6.07, 6.45) is 4.74. The molecular formula is C16H18BrNO3. The lowest BCUT2D eigenvalue weighted by Gasteiger charge is -2.11. The van der Waals surface area contributed by atoms with Crippen molar-refractivity contribution < 1.29 is 9.53 Å². The Morgan fingerprint density at radius 3 is 2.90 bits per heavy atom. The second kappa shape index (κ2) is 6.43. The lowest BCUT2D eigenvalue weighted by Crippen LogP contribution is -2.24. The summed E-state index contributed by atoms with van der Waals surface area (Å²) >= 11 is 3.48. The number of hydrogen-bond acceptors (Lipinski definition) is 3. The number of aromatic nitrogens is 1. The number of ether oxygens (including phenoxy) is 1. The van der Waals surface area contributed by atoms with Gasteiger partial charge in [-0.15, -0.1) is 6.58 Å². The maximum Gasteiger partial charge on any atom is 0.338 e. The van der Waals surface area contributed by atoms with Crippen LogP contribution in [-0.4, -0.2) is 17.1 Å². The summed E-state index contributed by atoms with van der Waals surface area (Å²) in [6, 6.07) is 0. The maximum absolute atomic E-state index is 12.5. The quantitative estimate of drug-likeness (QED) is 0.604. The van der Waals surface area contributed by atoms with E-state index in [1.807, 2.05) is 6.92 Å². The molecule has 0 aromatic carbocycles. The first kappa shape index (κ1) is 15.8. The SMILES string of the molecule is C=CCCn1cc(Br)c2c(c1=O)CC(C)=C2C(=O)OCC. The van der Waals surface area contributed by atoms with Gasteiger partial charge in [-0.25, -0.2) is 4.79 Å². The number of allylic oxidation sites excluding steroid dienone is 2. The van der Waals surface area contributed by atoms with Crippen LogP contribution in [-0.2, 0) is 22.5 Å². The summed E-state index contributed by atoms with van der Waals surface area (Å²) < 4.78 is 7.51. The molecular weight excluding hydrogens is 334 g/mol. The Hall–Kier alpha value is -1.62. The highest BCUT2D eigenvalue weighted by Gasteiger charge is 2.30. The van der Waals surface area contributed by atoms with E-state index in [-0.39, 0.29) is 11.5 Å². The van der Waals surface area contributed by atoms with Gasteiger partial charge in [-0.3, -0.25) is 4.79 Å². The second-order valence-corrected chi connectivity index (χ2v) is 5.81. The van der Waals surface area contributed by atoms with Crippen LogP contribution in [0.15, 0.2) is 33.7 Å². The molecule has 1 heterocycles. The standard InChI is InChI=1S/C16H18BrNO3/c1-4-6-7-18-9-12(17)14-11(15(18)19)8-10(3)13(14)16(20)21-5-2/h4,9H,1,5-8H2,2-3H3. The van der Waals surface area contributed by atoms with E-state index in [0.717, 1.165) is 16.5 Å². The number of aryl methyl sites for hydroxylation is 1. The summed E-state index contributed by atoms with van der Waals surface area (Å²) in [5.74, 6) is -0.363. The zero-order valence-corrected chi connectivity index (χ0v) is 13.8. The van der Waals surface area contributed by atoms with Crippen molar-refractivity contribution in [3.05, 3.63) is 50.4 Å². The zero-order chi connectivity index (χ0) is 15.6. The van der Waals surface area contributed by atoms with Crippen LogP contribution in [0.3, 0.4) is 0 Å². The van der Waals surface area contributed by atoms with Crippen molar-refractivity contribution in [2.24, 2.45) is 0 Å². The highest BCUT2D eigenvalue weighted by molar-refractivity contribution is 9.10. The first-order valence-electron chi connectivity index (χ1n) is 6.91. The number of hydrogen-bond donors (Lipinski definition) is 0. The first-order valence-corrected chi connectivity index (χ1v) is 7.70. The first-order chi connectivity index (χ1) is 10.0. The fraction of sp³-hybridized carbons (Fsp3) is 0.375. The molecule has 21 heavy (non-hydrogen) atoms. The van der Waals surface area contributed by atoms with E-state index >= 15 is 0 Å². The molecule has 0 radical (unpaired) electrons. The van der Waals surface area contributed by atoms with Crippen molar-refractivity contribution in [1.29, 1.82) is 0 Å². The average molecular weight is 352 g/mol. The molecule has 0 N–H and O–H groups in total. The summed E-state index contributed by atoms with van der Waals surface area (Å²) in [5.41, 5.74) is 2.70. The fourth-order valence-corrected chi connectivity index (χ4v) is 3.25. The number of carbonyl (C=O) groups is 1. The molecule has 1 aliphatic rings. The van der Waals surface area contributed by atoms with E-state index < -0.39 is 0 Å². The monoisotopic (exact) mass is 351 g/mol. The van der Waals surface area contributed by atoms with Gasteiger partial charge in [-0.1, -0.05) is 11.6 Å². The van der Waals surface area contributed by atoms with Crippen molar-refractivity contribution >= 4 is 27.5 Å². The summed E-state index contributed by atoms with van der Waals surface area (Å²) in [5, 5.41) is 0. The lowest BCUT2D eigenvalue weighted by atomic mass is 10.1. The molecule has 2 rings (SSSR count). The number of esters is 1. The third-order valence-electron chi connectivity index (χ3n) is 3.50. The minimum atomic E-state index is -0.363. The van der Waals surface area contributed by atoms with Crippen LogP contribution in [0.1, 0.15) is 31.4 Å². The zero-order valence-electron chi connectivity index (χ0n) is 12.2. The largest absolute Gasteiger partial charge is 0.462 e. The van der Waals surface area contributed by atoms with Crippen LogP contribution in [0, 0.1) is 0 Å². The van der Waals surface area contributed by atoms with Gasteiger partial charge in [0.05, 0.1) is 12.2 Å². The number of rotatable bonds is 5. The van der Waals surface area contributed by atoms with Crippen LogP contribution in [0.4, 0.5) is 0 Å². The van der Waals surface area contributed by atoms with Crippen LogP contribution < -0.4 is 5.56 Å². The van der Waals surface area contributed by atoms with Crippen molar-refractivity contribution in [2.45, 2.75) is 33.2 Å². The Labute approximate surface area is 132 Å². The third kappa shape index (κ3) is 2.88. The van der Waals surface area contributed by atoms with Gasteiger partial charge in [-0.05, 0) is 36.2 Å². The smallest absolute Gasteiger partial charge is 0.338 e. The maximum atomic E-state index is 12.5. The number of fused-ring (bicyclic) bond motifs is 1. The number of nitrogens with zero attached hydrogens (tertiary/aromatic N) is 1. The molecule has 0 atom stereocenters. The normalized spacial score (nSPS) is 13.3. The molecule has 0 saturated carbocycles. The van der Waals surface area contributed by atoms with Crippen molar-refractivity contribution in [3.8, 4) is 0 Å². The van der Waals surface area contributed by atoms with Gasteiger partial charge in [0.15, 0.2) is 0 Å². The van der Waals surface area contributed by atoms with E-state index in [0.29, 0.717) is 36.3 Å². The highest BCUT2D eigenvalue weighted by atomic mass is 79.9. The van der Waals surface area contributed by atoms with Gasteiger partial charge in [0.1, 0.15) is 0 Å². The van der Waals surface area contributed by atoms with Crippen LogP contribution in [0.25, 0.3) is 5.57 Å². The molecule has 1 aromatic heterocycles. The number of halogens is 1. The second-order valence-electron chi connectivity index (χ2n) is 4.96. The van der Waals surface area contributed by atoms with Gasteiger partial charge in [-0.2, -0.15) is 0 Å². The van der Waals surface area contributed by atoms with E-state index in [4.69, 9.17) is 4.74 Å². The van der Waals surface area contributed by atoms with E-state index in [9.17, 15) is 9.59 Å². The Bertz CT molecular complexity index is 685. The fourth-order valence-electron chi connectivity index (χ4n) is 2.56. The van der Waals surface area contributed by atoms with Gasteiger partial charge < -0.3 is 9.30 Å². The summed E-state index contributed by atoms with van der Waals surface area (Å²) in [4.78, 5) is 24.6.